The van der Waals surface area contributed by atoms with Crippen LogP contribution in [0.15, 0.2) is 0 Å². The quantitative estimate of drug-likeness (QED) is 0.613. The highest BCUT2D eigenvalue weighted by molar-refractivity contribution is 5.71. The molecule has 4 heteroatoms. The molecular formula is C10H18N2O2. The Morgan fingerprint density at radius 2 is 2.29 bits per heavy atom. The zero-order chi connectivity index (χ0) is 10.3. The largest absolute Gasteiger partial charge is 0.481 e. The lowest BCUT2D eigenvalue weighted by molar-refractivity contribution is -0.147. The number of hydrogen-bond donors (Lipinski definition) is 3. The minimum atomic E-state index is -0.712. The van der Waals surface area contributed by atoms with E-state index in [0.717, 1.165) is 25.8 Å². The van der Waals surface area contributed by atoms with Gasteiger partial charge in [-0.1, -0.05) is 6.92 Å². The average Bonchev–Trinajstić information content (AvgIpc) is 2.90. The Labute approximate surface area is 83.9 Å². The molecule has 0 spiro atoms. The van der Waals surface area contributed by atoms with Crippen LogP contribution in [0.4, 0.5) is 0 Å². The van der Waals surface area contributed by atoms with Crippen molar-refractivity contribution in [2.45, 2.75) is 32.4 Å². The molecule has 2 fully saturated rings. The average molecular weight is 198 g/mol. The fraction of sp³-hybridized carbons (Fsp3) is 0.900. The molecule has 14 heavy (non-hydrogen) atoms. The molecule has 2 aliphatic rings. The van der Waals surface area contributed by atoms with Crippen LogP contribution >= 0.6 is 0 Å². The topological polar surface area (TPSA) is 75.3 Å². The van der Waals surface area contributed by atoms with Gasteiger partial charge in [-0.05, 0) is 31.7 Å². The van der Waals surface area contributed by atoms with Crippen LogP contribution in [0.3, 0.4) is 0 Å². The Kier molecular flexibility index (Phi) is 2.27. The van der Waals surface area contributed by atoms with Crippen LogP contribution in [0.25, 0.3) is 0 Å². The Morgan fingerprint density at radius 3 is 2.64 bits per heavy atom. The molecule has 4 nitrogen and oxygen atoms in total. The molecule has 1 saturated heterocycles. The van der Waals surface area contributed by atoms with Gasteiger partial charge in [0.15, 0.2) is 0 Å². The van der Waals surface area contributed by atoms with Gasteiger partial charge < -0.3 is 16.2 Å². The molecule has 1 heterocycles. The number of hydrogen-bond acceptors (Lipinski definition) is 3. The smallest absolute Gasteiger partial charge is 0.306 e. The molecule has 1 aliphatic heterocycles. The highest BCUT2D eigenvalue weighted by Crippen LogP contribution is 2.55. The van der Waals surface area contributed by atoms with E-state index < -0.39 is 5.97 Å². The SMILES string of the molecule is CC(C(=O)O)C1(C2CC2)CCN[C@@H]1N. The Morgan fingerprint density at radius 1 is 1.64 bits per heavy atom. The number of rotatable bonds is 3. The summed E-state index contributed by atoms with van der Waals surface area (Å²) >= 11 is 0. The van der Waals surface area contributed by atoms with Crippen molar-refractivity contribution in [2.75, 3.05) is 6.54 Å². The molecule has 2 rings (SSSR count). The summed E-state index contributed by atoms with van der Waals surface area (Å²) in [7, 11) is 0. The number of nitrogens with one attached hydrogen (secondary N) is 1. The van der Waals surface area contributed by atoms with Crippen molar-refractivity contribution >= 4 is 5.97 Å². The third kappa shape index (κ3) is 1.25. The third-order valence-corrected chi connectivity index (χ3v) is 4.02. The van der Waals surface area contributed by atoms with Crippen LogP contribution < -0.4 is 11.1 Å². The number of nitrogens with two attached hydrogens (primary N) is 1. The molecule has 0 amide bonds. The summed E-state index contributed by atoms with van der Waals surface area (Å²) < 4.78 is 0. The van der Waals surface area contributed by atoms with Crippen molar-refractivity contribution in [1.29, 1.82) is 0 Å². The summed E-state index contributed by atoms with van der Waals surface area (Å²) in [5.41, 5.74) is 5.83. The highest BCUT2D eigenvalue weighted by atomic mass is 16.4. The predicted molar refractivity (Wildman–Crippen MR) is 52.6 cm³/mol. The summed E-state index contributed by atoms with van der Waals surface area (Å²) in [6.45, 7) is 2.66. The minimum absolute atomic E-state index is 0.138. The number of carboxylic acids is 1. The van der Waals surface area contributed by atoms with Crippen molar-refractivity contribution in [3.63, 3.8) is 0 Å². The van der Waals surface area contributed by atoms with Gasteiger partial charge in [0, 0.05) is 5.41 Å². The van der Waals surface area contributed by atoms with Crippen molar-refractivity contribution in [2.24, 2.45) is 23.0 Å². The van der Waals surface area contributed by atoms with E-state index in [9.17, 15) is 4.79 Å². The summed E-state index contributed by atoms with van der Waals surface area (Å²) in [4.78, 5) is 11.1. The van der Waals surface area contributed by atoms with E-state index >= 15 is 0 Å². The minimum Gasteiger partial charge on any atom is -0.481 e. The lowest BCUT2D eigenvalue weighted by atomic mass is 9.69. The monoisotopic (exact) mass is 198 g/mol. The fourth-order valence-corrected chi connectivity index (χ4v) is 2.94. The Bertz CT molecular complexity index is 253. The van der Waals surface area contributed by atoms with E-state index in [1.807, 2.05) is 0 Å². The first-order valence-corrected chi connectivity index (χ1v) is 5.31. The van der Waals surface area contributed by atoms with Crippen molar-refractivity contribution in [1.82, 2.24) is 5.32 Å². The molecule has 0 aromatic heterocycles. The van der Waals surface area contributed by atoms with E-state index in [2.05, 4.69) is 5.32 Å². The molecule has 0 aromatic carbocycles. The first kappa shape index (κ1) is 9.93. The molecule has 0 bridgehead atoms. The Balaban J connectivity index is 2.25. The fourth-order valence-electron chi connectivity index (χ4n) is 2.94. The summed E-state index contributed by atoms with van der Waals surface area (Å²) in [6, 6.07) is 0. The third-order valence-electron chi connectivity index (χ3n) is 4.02. The van der Waals surface area contributed by atoms with Gasteiger partial charge in [-0.2, -0.15) is 0 Å². The lowest BCUT2D eigenvalue weighted by Gasteiger charge is -2.36. The second-order valence-corrected chi connectivity index (χ2v) is 4.63. The molecule has 3 atom stereocenters. The maximum absolute atomic E-state index is 11.1. The van der Waals surface area contributed by atoms with E-state index in [1.54, 1.807) is 6.92 Å². The Hall–Kier alpha value is -0.610. The molecule has 2 unspecified atom stereocenters. The normalized spacial score (nSPS) is 39.7. The van der Waals surface area contributed by atoms with Crippen LogP contribution in [-0.4, -0.2) is 23.8 Å². The van der Waals surface area contributed by atoms with Gasteiger partial charge in [0.05, 0.1) is 12.1 Å². The van der Waals surface area contributed by atoms with E-state index in [0.29, 0.717) is 5.92 Å². The summed E-state index contributed by atoms with van der Waals surface area (Å²) in [6.07, 6.45) is 3.06. The first-order chi connectivity index (χ1) is 6.59. The van der Waals surface area contributed by atoms with Gasteiger partial charge in [0.1, 0.15) is 0 Å². The lowest BCUT2D eigenvalue weighted by Crippen LogP contribution is -2.51. The molecule has 0 radical (unpaired) electrons. The van der Waals surface area contributed by atoms with Gasteiger partial charge in [0.2, 0.25) is 0 Å². The summed E-state index contributed by atoms with van der Waals surface area (Å²) in [5, 5.41) is 12.3. The van der Waals surface area contributed by atoms with Crippen LogP contribution in [-0.2, 0) is 4.79 Å². The molecule has 1 saturated carbocycles. The van der Waals surface area contributed by atoms with Crippen LogP contribution in [0.2, 0.25) is 0 Å². The van der Waals surface area contributed by atoms with Gasteiger partial charge in [-0.3, -0.25) is 4.79 Å². The van der Waals surface area contributed by atoms with Crippen molar-refractivity contribution in [3.05, 3.63) is 0 Å². The van der Waals surface area contributed by atoms with Crippen molar-refractivity contribution < 1.29 is 9.90 Å². The van der Waals surface area contributed by atoms with Gasteiger partial charge in [-0.15, -0.1) is 0 Å². The molecule has 80 valence electrons. The second kappa shape index (κ2) is 3.21. The van der Waals surface area contributed by atoms with E-state index in [-0.39, 0.29) is 17.5 Å². The number of aliphatic carboxylic acids is 1. The standard InChI is InChI=1S/C10H18N2O2/c1-6(8(13)14)10(7-2-3-7)4-5-12-9(10)11/h6-7,9,12H,2-5,11H2,1H3,(H,13,14)/t6?,9-,10?/m0/s1. The number of carboxylic acid groups (broad SMARTS) is 1. The van der Waals surface area contributed by atoms with E-state index in [4.69, 9.17) is 10.8 Å². The molecule has 0 aromatic rings. The maximum Gasteiger partial charge on any atom is 0.306 e. The first-order valence-electron chi connectivity index (χ1n) is 5.31. The number of carbonyl (C=O) groups is 1. The van der Waals surface area contributed by atoms with Gasteiger partial charge >= 0.3 is 5.97 Å². The maximum atomic E-state index is 11.1. The second-order valence-electron chi connectivity index (χ2n) is 4.63. The molecule has 1 aliphatic carbocycles. The van der Waals surface area contributed by atoms with Gasteiger partial charge in [0.25, 0.3) is 0 Å². The van der Waals surface area contributed by atoms with Crippen molar-refractivity contribution in [3.8, 4) is 0 Å². The predicted octanol–water partition coefficient (Wildman–Crippen LogP) is 0.382. The summed E-state index contributed by atoms with van der Waals surface area (Å²) in [5.74, 6) is -0.519. The molecular weight excluding hydrogens is 180 g/mol. The molecule has 4 N–H and O–H groups in total. The highest BCUT2D eigenvalue weighted by Gasteiger charge is 2.56. The van der Waals surface area contributed by atoms with E-state index in [1.165, 1.54) is 0 Å². The zero-order valence-corrected chi connectivity index (χ0v) is 8.49. The van der Waals surface area contributed by atoms with Gasteiger partial charge in [-0.25, -0.2) is 0 Å². The van der Waals surface area contributed by atoms with Crippen LogP contribution in [0, 0.1) is 17.3 Å². The van der Waals surface area contributed by atoms with Crippen LogP contribution in [0.1, 0.15) is 26.2 Å². The zero-order valence-electron chi connectivity index (χ0n) is 8.49. The van der Waals surface area contributed by atoms with Crippen LogP contribution in [0.5, 0.6) is 0 Å².